The maximum absolute atomic E-state index is 11.3. The molecule has 0 spiro atoms. The first-order valence-electron chi connectivity index (χ1n) is 9.80. The number of ether oxygens (including phenoxy) is 1. The number of hydrogen-bond acceptors (Lipinski definition) is 4. The van der Waals surface area contributed by atoms with Gasteiger partial charge in [0.25, 0.3) is 0 Å². The molecule has 4 heterocycles. The first-order chi connectivity index (χ1) is 13.7. The number of aromatic nitrogens is 2. The van der Waals surface area contributed by atoms with Gasteiger partial charge >= 0.3 is 0 Å². The van der Waals surface area contributed by atoms with Gasteiger partial charge in [-0.1, -0.05) is 6.07 Å². The van der Waals surface area contributed by atoms with Crippen molar-refractivity contribution in [2.75, 3.05) is 26.3 Å². The fourth-order valence-electron chi connectivity index (χ4n) is 4.36. The molecule has 0 bridgehead atoms. The Balaban J connectivity index is 1.62. The van der Waals surface area contributed by atoms with Crippen LogP contribution in [0.1, 0.15) is 22.7 Å². The Morgan fingerprint density at radius 2 is 2.21 bits per heavy atom. The van der Waals surface area contributed by atoms with E-state index >= 15 is 0 Å². The Morgan fingerprint density at radius 1 is 1.29 bits per heavy atom. The summed E-state index contributed by atoms with van der Waals surface area (Å²) in [6.45, 7) is 3.69. The first-order valence-corrected chi connectivity index (χ1v) is 9.80. The summed E-state index contributed by atoms with van der Waals surface area (Å²) in [7, 11) is 2.01. The molecule has 1 saturated heterocycles. The van der Waals surface area contributed by atoms with E-state index in [2.05, 4.69) is 34.6 Å². The number of amides is 1. The van der Waals surface area contributed by atoms with Crippen LogP contribution in [0.3, 0.4) is 0 Å². The standard InChI is InChI=1S/C22H24N4O2/c1-25-5-2-16-9-18(11-24-22(16)25)17-8-15-3-6-26(14-27)12-20(15)19(10-17)21-13-28-7-4-23-21/h2,5,8-11,14,21,23H,3-4,6-7,12-13H2,1H3/t21-/m0/s1. The van der Waals surface area contributed by atoms with E-state index in [1.807, 2.05) is 28.9 Å². The fraction of sp³-hybridized carbons (Fsp3) is 0.364. The van der Waals surface area contributed by atoms with Crippen LogP contribution in [-0.4, -0.2) is 47.2 Å². The summed E-state index contributed by atoms with van der Waals surface area (Å²) in [5, 5.41) is 4.72. The van der Waals surface area contributed by atoms with Crippen molar-refractivity contribution in [3.8, 4) is 11.1 Å². The van der Waals surface area contributed by atoms with E-state index in [-0.39, 0.29) is 6.04 Å². The van der Waals surface area contributed by atoms with Gasteiger partial charge in [-0.3, -0.25) is 4.79 Å². The summed E-state index contributed by atoms with van der Waals surface area (Å²) in [4.78, 5) is 17.9. The van der Waals surface area contributed by atoms with Crippen molar-refractivity contribution in [2.45, 2.75) is 19.0 Å². The molecule has 0 aliphatic carbocycles. The molecule has 1 atom stereocenters. The van der Waals surface area contributed by atoms with Gasteiger partial charge < -0.3 is 19.5 Å². The van der Waals surface area contributed by atoms with E-state index in [0.29, 0.717) is 13.2 Å². The highest BCUT2D eigenvalue weighted by atomic mass is 16.5. The number of aryl methyl sites for hydroxylation is 1. The average Bonchev–Trinajstić information content (AvgIpc) is 3.13. The molecule has 2 aliphatic heterocycles. The molecule has 0 unspecified atom stereocenters. The number of pyridine rings is 1. The molecular formula is C22H24N4O2. The van der Waals surface area contributed by atoms with Gasteiger partial charge in [0.05, 0.1) is 19.3 Å². The molecule has 2 aliphatic rings. The molecule has 3 aromatic rings. The maximum atomic E-state index is 11.3. The minimum atomic E-state index is 0.155. The molecule has 28 heavy (non-hydrogen) atoms. The fourth-order valence-corrected chi connectivity index (χ4v) is 4.36. The summed E-state index contributed by atoms with van der Waals surface area (Å²) in [6, 6.07) is 8.99. The zero-order chi connectivity index (χ0) is 19.1. The third kappa shape index (κ3) is 2.99. The second-order valence-electron chi connectivity index (χ2n) is 7.67. The van der Waals surface area contributed by atoms with Crippen molar-refractivity contribution in [1.82, 2.24) is 19.8 Å². The van der Waals surface area contributed by atoms with Gasteiger partial charge in [0.15, 0.2) is 0 Å². The Labute approximate surface area is 164 Å². The molecular weight excluding hydrogens is 352 g/mol. The molecule has 2 aromatic heterocycles. The van der Waals surface area contributed by atoms with E-state index in [9.17, 15) is 4.79 Å². The molecule has 5 rings (SSSR count). The monoisotopic (exact) mass is 376 g/mol. The van der Waals surface area contributed by atoms with E-state index < -0.39 is 0 Å². The van der Waals surface area contributed by atoms with Crippen LogP contribution in [0.2, 0.25) is 0 Å². The second kappa shape index (κ2) is 7.04. The van der Waals surface area contributed by atoms with Crippen molar-refractivity contribution >= 4 is 17.4 Å². The van der Waals surface area contributed by atoms with Crippen LogP contribution in [0.4, 0.5) is 0 Å². The van der Waals surface area contributed by atoms with Crippen LogP contribution in [-0.2, 0) is 29.5 Å². The van der Waals surface area contributed by atoms with Gasteiger partial charge in [-0.05, 0) is 46.9 Å². The summed E-state index contributed by atoms with van der Waals surface area (Å²) < 4.78 is 7.76. The number of nitrogens with one attached hydrogen (secondary N) is 1. The van der Waals surface area contributed by atoms with E-state index in [0.717, 1.165) is 49.1 Å². The van der Waals surface area contributed by atoms with Crippen LogP contribution in [0.15, 0.2) is 36.7 Å². The second-order valence-corrected chi connectivity index (χ2v) is 7.67. The molecule has 1 fully saturated rings. The molecule has 1 aromatic carbocycles. The number of carbonyl (C=O) groups excluding carboxylic acids is 1. The minimum Gasteiger partial charge on any atom is -0.378 e. The highest BCUT2D eigenvalue weighted by Gasteiger charge is 2.25. The van der Waals surface area contributed by atoms with Crippen molar-refractivity contribution in [3.05, 3.63) is 53.3 Å². The van der Waals surface area contributed by atoms with E-state index in [4.69, 9.17) is 4.74 Å². The average molecular weight is 376 g/mol. The van der Waals surface area contributed by atoms with Crippen LogP contribution >= 0.6 is 0 Å². The van der Waals surface area contributed by atoms with Crippen LogP contribution in [0.5, 0.6) is 0 Å². The number of morpholine rings is 1. The van der Waals surface area contributed by atoms with E-state index in [1.54, 1.807) is 0 Å². The van der Waals surface area contributed by atoms with Crippen LogP contribution in [0, 0.1) is 0 Å². The molecule has 0 saturated carbocycles. The lowest BCUT2D eigenvalue weighted by Crippen LogP contribution is -2.37. The maximum Gasteiger partial charge on any atom is 0.210 e. The third-order valence-corrected chi connectivity index (χ3v) is 5.89. The smallest absolute Gasteiger partial charge is 0.210 e. The highest BCUT2D eigenvalue weighted by Crippen LogP contribution is 2.34. The number of fused-ring (bicyclic) bond motifs is 2. The SMILES string of the molecule is Cn1ccc2cc(-c3cc4c(c([C@@H]5COCCN5)c3)CN(C=O)CC4)cnc21. The summed E-state index contributed by atoms with van der Waals surface area (Å²) in [5.41, 5.74) is 7.12. The first kappa shape index (κ1) is 17.4. The molecule has 1 N–H and O–H groups in total. The quantitative estimate of drug-likeness (QED) is 0.714. The van der Waals surface area contributed by atoms with Crippen molar-refractivity contribution in [3.63, 3.8) is 0 Å². The zero-order valence-corrected chi connectivity index (χ0v) is 16.0. The number of hydrogen-bond donors (Lipinski definition) is 1. The number of rotatable bonds is 3. The van der Waals surface area contributed by atoms with Gasteiger partial charge in [0.2, 0.25) is 6.41 Å². The Morgan fingerprint density at radius 3 is 3.04 bits per heavy atom. The molecule has 0 radical (unpaired) electrons. The number of nitrogens with zero attached hydrogens (tertiary/aromatic N) is 3. The largest absolute Gasteiger partial charge is 0.378 e. The van der Waals surface area contributed by atoms with Crippen molar-refractivity contribution in [1.29, 1.82) is 0 Å². The van der Waals surface area contributed by atoms with Gasteiger partial charge in [-0.25, -0.2) is 4.98 Å². The van der Waals surface area contributed by atoms with E-state index in [1.165, 1.54) is 22.3 Å². The van der Waals surface area contributed by atoms with Crippen molar-refractivity contribution in [2.24, 2.45) is 7.05 Å². The Bertz CT molecular complexity index is 1040. The summed E-state index contributed by atoms with van der Waals surface area (Å²) >= 11 is 0. The molecule has 1 amide bonds. The molecule has 144 valence electrons. The zero-order valence-electron chi connectivity index (χ0n) is 16.0. The van der Waals surface area contributed by atoms with Crippen LogP contribution < -0.4 is 5.32 Å². The molecule has 6 heteroatoms. The lowest BCUT2D eigenvalue weighted by atomic mass is 9.87. The summed E-state index contributed by atoms with van der Waals surface area (Å²) in [5.74, 6) is 0. The lowest BCUT2D eigenvalue weighted by Gasteiger charge is -2.32. The Kier molecular flexibility index (Phi) is 4.37. The normalized spacial score (nSPS) is 19.6. The van der Waals surface area contributed by atoms with Gasteiger partial charge in [-0.15, -0.1) is 0 Å². The number of carbonyl (C=O) groups is 1. The predicted octanol–water partition coefficient (Wildman–Crippen LogP) is 2.42. The topological polar surface area (TPSA) is 59.4 Å². The summed E-state index contributed by atoms with van der Waals surface area (Å²) in [6.07, 6.45) is 5.83. The third-order valence-electron chi connectivity index (χ3n) is 5.89. The van der Waals surface area contributed by atoms with Crippen LogP contribution in [0.25, 0.3) is 22.2 Å². The van der Waals surface area contributed by atoms with Gasteiger partial charge in [0.1, 0.15) is 5.65 Å². The van der Waals surface area contributed by atoms with Gasteiger partial charge in [0, 0.05) is 50.0 Å². The highest BCUT2D eigenvalue weighted by molar-refractivity contribution is 5.82. The number of benzene rings is 1. The predicted molar refractivity (Wildman–Crippen MR) is 108 cm³/mol. The Hall–Kier alpha value is -2.70. The minimum absolute atomic E-state index is 0.155. The van der Waals surface area contributed by atoms with Crippen molar-refractivity contribution < 1.29 is 9.53 Å². The van der Waals surface area contributed by atoms with Gasteiger partial charge in [-0.2, -0.15) is 0 Å². The lowest BCUT2D eigenvalue weighted by molar-refractivity contribution is -0.118. The molecule has 6 nitrogen and oxygen atoms in total.